The maximum Gasteiger partial charge on any atom is 0.234 e. The Balaban J connectivity index is 1.57. The smallest absolute Gasteiger partial charge is 0.234 e. The first-order chi connectivity index (χ1) is 12.2. The number of rotatable bonds is 6. The van der Waals surface area contributed by atoms with Crippen molar-refractivity contribution in [2.75, 3.05) is 11.1 Å². The maximum atomic E-state index is 12.3. The molecule has 0 radical (unpaired) electrons. The molecule has 3 rings (SSSR count). The molecule has 1 N–H and O–H groups in total. The quantitative estimate of drug-likeness (QED) is 0.419. The molecule has 0 aliphatic heterocycles. The summed E-state index contributed by atoms with van der Waals surface area (Å²) in [4.78, 5) is 32.4. The summed E-state index contributed by atoms with van der Waals surface area (Å²) in [5, 5.41) is 3.35. The third kappa shape index (κ3) is 4.74. The SMILES string of the molecule is O=C(CSc1ncccn1)Nc1ccc(C(=O)c2ccccc2)cc1. The van der Waals surface area contributed by atoms with Gasteiger partial charge in [0.05, 0.1) is 5.75 Å². The van der Waals surface area contributed by atoms with Crippen LogP contribution < -0.4 is 5.32 Å². The lowest BCUT2D eigenvalue weighted by Gasteiger charge is -2.06. The molecular formula is C19H15N3O2S. The van der Waals surface area contributed by atoms with Gasteiger partial charge in [0.1, 0.15) is 0 Å². The van der Waals surface area contributed by atoms with Crippen LogP contribution in [-0.4, -0.2) is 27.4 Å². The number of amides is 1. The first-order valence-corrected chi connectivity index (χ1v) is 8.60. The molecule has 0 atom stereocenters. The molecule has 1 aromatic heterocycles. The molecule has 1 amide bonds. The van der Waals surface area contributed by atoms with Crippen LogP contribution in [0.3, 0.4) is 0 Å². The van der Waals surface area contributed by atoms with Gasteiger partial charge in [-0.15, -0.1) is 0 Å². The van der Waals surface area contributed by atoms with Gasteiger partial charge in [0.2, 0.25) is 5.91 Å². The van der Waals surface area contributed by atoms with Crippen molar-refractivity contribution in [2.45, 2.75) is 5.16 Å². The van der Waals surface area contributed by atoms with Gasteiger partial charge in [-0.05, 0) is 30.3 Å². The molecule has 0 saturated heterocycles. The highest BCUT2D eigenvalue weighted by molar-refractivity contribution is 7.99. The monoisotopic (exact) mass is 349 g/mol. The molecule has 0 aliphatic rings. The van der Waals surface area contributed by atoms with E-state index in [1.807, 2.05) is 18.2 Å². The number of hydrogen-bond acceptors (Lipinski definition) is 5. The summed E-state index contributed by atoms with van der Waals surface area (Å²) in [6.07, 6.45) is 3.27. The zero-order valence-electron chi connectivity index (χ0n) is 13.3. The number of nitrogens with zero attached hydrogens (tertiary/aromatic N) is 2. The normalized spacial score (nSPS) is 10.2. The number of anilines is 1. The average Bonchev–Trinajstić information content (AvgIpc) is 2.68. The number of nitrogens with one attached hydrogen (secondary N) is 1. The van der Waals surface area contributed by atoms with E-state index in [1.54, 1.807) is 54.9 Å². The molecule has 5 nitrogen and oxygen atoms in total. The minimum Gasteiger partial charge on any atom is -0.325 e. The van der Waals surface area contributed by atoms with Gasteiger partial charge < -0.3 is 5.32 Å². The molecule has 0 aliphatic carbocycles. The van der Waals surface area contributed by atoms with Crippen molar-refractivity contribution in [2.24, 2.45) is 0 Å². The van der Waals surface area contributed by atoms with Crippen molar-refractivity contribution in [3.05, 3.63) is 84.2 Å². The Kier molecular flexibility index (Phi) is 5.53. The van der Waals surface area contributed by atoms with Crippen LogP contribution >= 0.6 is 11.8 Å². The fourth-order valence-electron chi connectivity index (χ4n) is 2.15. The summed E-state index contributed by atoms with van der Waals surface area (Å²) in [6.45, 7) is 0. The van der Waals surface area contributed by atoms with E-state index in [9.17, 15) is 9.59 Å². The Bertz CT molecular complexity index is 853. The summed E-state index contributed by atoms with van der Waals surface area (Å²) >= 11 is 1.26. The average molecular weight is 349 g/mol. The van der Waals surface area contributed by atoms with Gasteiger partial charge in [-0.25, -0.2) is 9.97 Å². The third-order valence-electron chi connectivity index (χ3n) is 3.34. The minimum absolute atomic E-state index is 0.0461. The summed E-state index contributed by atoms with van der Waals surface area (Å²) in [5.41, 5.74) is 1.86. The Hall–Kier alpha value is -2.99. The first kappa shape index (κ1) is 16.9. The molecule has 0 spiro atoms. The summed E-state index contributed by atoms with van der Waals surface area (Å²) in [6, 6.07) is 17.7. The van der Waals surface area contributed by atoms with Crippen molar-refractivity contribution in [1.82, 2.24) is 9.97 Å². The predicted molar refractivity (Wildman–Crippen MR) is 97.7 cm³/mol. The van der Waals surface area contributed by atoms with E-state index in [-0.39, 0.29) is 17.4 Å². The molecule has 6 heteroatoms. The van der Waals surface area contributed by atoms with Crippen molar-refractivity contribution in [3.63, 3.8) is 0 Å². The van der Waals surface area contributed by atoms with Crippen molar-refractivity contribution < 1.29 is 9.59 Å². The van der Waals surface area contributed by atoms with Crippen LogP contribution in [-0.2, 0) is 4.79 Å². The zero-order valence-corrected chi connectivity index (χ0v) is 14.1. The van der Waals surface area contributed by atoms with E-state index in [1.165, 1.54) is 11.8 Å². The molecule has 0 saturated carbocycles. The standard InChI is InChI=1S/C19H15N3O2S/c23-17(13-25-19-20-11-4-12-21-19)22-16-9-7-15(8-10-16)18(24)14-5-2-1-3-6-14/h1-12H,13H2,(H,22,23). The molecular weight excluding hydrogens is 334 g/mol. The number of carbonyl (C=O) groups is 2. The molecule has 3 aromatic rings. The predicted octanol–water partition coefficient (Wildman–Crippen LogP) is 3.44. The molecule has 124 valence electrons. The van der Waals surface area contributed by atoms with Gasteiger partial charge in [0, 0.05) is 29.2 Å². The van der Waals surface area contributed by atoms with Gasteiger partial charge in [-0.1, -0.05) is 42.1 Å². The van der Waals surface area contributed by atoms with Crippen LogP contribution in [0, 0.1) is 0 Å². The maximum absolute atomic E-state index is 12.3. The summed E-state index contributed by atoms with van der Waals surface area (Å²) < 4.78 is 0. The van der Waals surface area contributed by atoms with Crippen LogP contribution in [0.25, 0.3) is 0 Å². The Labute approximate surface area is 149 Å². The number of thioether (sulfide) groups is 1. The largest absolute Gasteiger partial charge is 0.325 e. The first-order valence-electron chi connectivity index (χ1n) is 7.62. The van der Waals surface area contributed by atoms with Crippen molar-refractivity contribution in [3.8, 4) is 0 Å². The molecule has 0 unspecified atom stereocenters. The van der Waals surface area contributed by atoms with Crippen LogP contribution in [0.2, 0.25) is 0 Å². The second-order valence-corrected chi connectivity index (χ2v) is 6.08. The number of hydrogen-bond donors (Lipinski definition) is 1. The van der Waals surface area contributed by atoms with E-state index in [0.717, 1.165) is 0 Å². The van der Waals surface area contributed by atoms with Crippen LogP contribution in [0.1, 0.15) is 15.9 Å². The van der Waals surface area contributed by atoms with Crippen LogP contribution in [0.15, 0.2) is 78.2 Å². The van der Waals surface area contributed by atoms with Gasteiger partial charge in [0.25, 0.3) is 0 Å². The third-order valence-corrected chi connectivity index (χ3v) is 4.22. The van der Waals surface area contributed by atoms with Crippen molar-refractivity contribution in [1.29, 1.82) is 0 Å². The fourth-order valence-corrected chi connectivity index (χ4v) is 2.75. The second kappa shape index (κ2) is 8.21. The van der Waals surface area contributed by atoms with E-state index in [0.29, 0.717) is 22.0 Å². The molecule has 25 heavy (non-hydrogen) atoms. The topological polar surface area (TPSA) is 72.0 Å². The number of aromatic nitrogens is 2. The van der Waals surface area contributed by atoms with Gasteiger partial charge in [0.15, 0.2) is 10.9 Å². The molecule has 1 heterocycles. The minimum atomic E-state index is -0.153. The zero-order chi connectivity index (χ0) is 17.5. The molecule has 0 fully saturated rings. The fraction of sp³-hybridized carbons (Fsp3) is 0.0526. The molecule has 0 bridgehead atoms. The van der Waals surface area contributed by atoms with Crippen LogP contribution in [0.4, 0.5) is 5.69 Å². The van der Waals surface area contributed by atoms with Gasteiger partial charge >= 0.3 is 0 Å². The lowest BCUT2D eigenvalue weighted by atomic mass is 10.0. The highest BCUT2D eigenvalue weighted by Gasteiger charge is 2.09. The number of benzene rings is 2. The van der Waals surface area contributed by atoms with E-state index >= 15 is 0 Å². The summed E-state index contributed by atoms with van der Waals surface area (Å²) in [5.74, 6) is 0.0178. The Morgan fingerprint density at radius 3 is 2.16 bits per heavy atom. The van der Waals surface area contributed by atoms with E-state index in [4.69, 9.17) is 0 Å². The van der Waals surface area contributed by atoms with Gasteiger partial charge in [-0.3, -0.25) is 9.59 Å². The van der Waals surface area contributed by atoms with Crippen LogP contribution in [0.5, 0.6) is 0 Å². The lowest BCUT2D eigenvalue weighted by molar-refractivity contribution is -0.113. The second-order valence-electron chi connectivity index (χ2n) is 5.14. The number of ketones is 1. The van der Waals surface area contributed by atoms with Crippen molar-refractivity contribution >= 4 is 29.1 Å². The highest BCUT2D eigenvalue weighted by atomic mass is 32.2. The Morgan fingerprint density at radius 2 is 1.48 bits per heavy atom. The highest BCUT2D eigenvalue weighted by Crippen LogP contribution is 2.15. The van der Waals surface area contributed by atoms with Gasteiger partial charge in [-0.2, -0.15) is 0 Å². The van der Waals surface area contributed by atoms with E-state index < -0.39 is 0 Å². The lowest BCUT2D eigenvalue weighted by Crippen LogP contribution is -2.14. The molecule has 2 aromatic carbocycles. The summed E-state index contributed by atoms with van der Waals surface area (Å²) in [7, 11) is 0. The Morgan fingerprint density at radius 1 is 0.840 bits per heavy atom. The van der Waals surface area contributed by atoms with E-state index in [2.05, 4.69) is 15.3 Å². The number of carbonyl (C=O) groups excluding carboxylic acids is 2.